The number of rotatable bonds is 3. The summed E-state index contributed by atoms with van der Waals surface area (Å²) in [6, 6.07) is 9.79. The SMILES string of the molecule is O=C(Oc1ccc2c(c1)CCC2)[C@H]1C[C@@H]1c1ccco1. The third-order valence-corrected chi connectivity index (χ3v) is 4.29. The molecule has 2 aliphatic rings. The van der Waals surface area contributed by atoms with Crippen molar-refractivity contribution >= 4 is 5.97 Å². The van der Waals surface area contributed by atoms with E-state index in [1.165, 1.54) is 17.5 Å². The van der Waals surface area contributed by atoms with E-state index >= 15 is 0 Å². The Morgan fingerprint density at radius 1 is 1.20 bits per heavy atom. The van der Waals surface area contributed by atoms with E-state index in [0.29, 0.717) is 5.75 Å². The molecule has 0 N–H and O–H groups in total. The number of hydrogen-bond donors (Lipinski definition) is 0. The van der Waals surface area contributed by atoms with Crippen molar-refractivity contribution in [1.29, 1.82) is 0 Å². The second kappa shape index (κ2) is 4.51. The van der Waals surface area contributed by atoms with Gasteiger partial charge in [-0.3, -0.25) is 4.79 Å². The number of esters is 1. The summed E-state index contributed by atoms with van der Waals surface area (Å²) in [5.74, 6) is 1.59. The predicted molar refractivity (Wildman–Crippen MR) is 73.7 cm³/mol. The van der Waals surface area contributed by atoms with Gasteiger partial charge in [-0.15, -0.1) is 0 Å². The Balaban J connectivity index is 1.44. The molecule has 1 heterocycles. The third-order valence-electron chi connectivity index (χ3n) is 4.29. The largest absolute Gasteiger partial charge is 0.469 e. The summed E-state index contributed by atoms with van der Waals surface area (Å²) in [5.41, 5.74) is 2.72. The summed E-state index contributed by atoms with van der Waals surface area (Å²) in [5, 5.41) is 0. The summed E-state index contributed by atoms with van der Waals surface area (Å²) in [6.45, 7) is 0. The van der Waals surface area contributed by atoms with Gasteiger partial charge in [0.15, 0.2) is 0 Å². The molecule has 0 spiro atoms. The molecule has 1 aromatic carbocycles. The zero-order chi connectivity index (χ0) is 13.5. The first-order valence-corrected chi connectivity index (χ1v) is 7.18. The van der Waals surface area contributed by atoms with E-state index in [9.17, 15) is 4.79 Å². The molecule has 20 heavy (non-hydrogen) atoms. The molecule has 4 rings (SSSR count). The van der Waals surface area contributed by atoms with E-state index in [0.717, 1.165) is 25.0 Å². The van der Waals surface area contributed by atoms with Gasteiger partial charge in [0.1, 0.15) is 11.5 Å². The zero-order valence-electron chi connectivity index (χ0n) is 11.2. The van der Waals surface area contributed by atoms with Gasteiger partial charge in [0, 0.05) is 5.92 Å². The molecule has 102 valence electrons. The molecular weight excluding hydrogens is 252 g/mol. The highest BCUT2D eigenvalue weighted by molar-refractivity contribution is 5.79. The number of furan rings is 1. The van der Waals surface area contributed by atoms with Crippen molar-refractivity contribution in [3.05, 3.63) is 53.5 Å². The summed E-state index contributed by atoms with van der Waals surface area (Å²) >= 11 is 0. The standard InChI is InChI=1S/C17H16O3/c18-17(15-10-14(15)16-5-2-8-19-16)20-13-7-6-11-3-1-4-12(11)9-13/h2,5-9,14-15H,1,3-4,10H2/t14-,15-/m0/s1. The summed E-state index contributed by atoms with van der Waals surface area (Å²) in [4.78, 5) is 12.1. The maximum Gasteiger partial charge on any atom is 0.315 e. The van der Waals surface area contributed by atoms with Crippen molar-refractivity contribution in [3.63, 3.8) is 0 Å². The molecule has 0 aliphatic heterocycles. The van der Waals surface area contributed by atoms with Gasteiger partial charge in [-0.05, 0) is 61.1 Å². The van der Waals surface area contributed by atoms with Crippen LogP contribution in [-0.4, -0.2) is 5.97 Å². The highest BCUT2D eigenvalue weighted by Gasteiger charge is 2.47. The van der Waals surface area contributed by atoms with Gasteiger partial charge in [-0.2, -0.15) is 0 Å². The second-order valence-corrected chi connectivity index (χ2v) is 5.67. The van der Waals surface area contributed by atoms with Gasteiger partial charge in [0.2, 0.25) is 0 Å². The summed E-state index contributed by atoms with van der Waals surface area (Å²) < 4.78 is 10.9. The predicted octanol–water partition coefficient (Wildman–Crippen LogP) is 3.48. The fraction of sp³-hybridized carbons (Fsp3) is 0.353. The smallest absolute Gasteiger partial charge is 0.315 e. The number of carbonyl (C=O) groups excluding carboxylic acids is 1. The molecule has 0 amide bonds. The minimum Gasteiger partial charge on any atom is -0.469 e. The van der Waals surface area contributed by atoms with Crippen LogP contribution in [0.2, 0.25) is 0 Å². The lowest BCUT2D eigenvalue weighted by atomic mass is 10.1. The fourth-order valence-electron chi connectivity index (χ4n) is 3.08. The maximum atomic E-state index is 12.1. The monoisotopic (exact) mass is 268 g/mol. The van der Waals surface area contributed by atoms with Crippen LogP contribution in [0.5, 0.6) is 5.75 Å². The summed E-state index contributed by atoms with van der Waals surface area (Å²) in [7, 11) is 0. The van der Waals surface area contributed by atoms with Crippen molar-refractivity contribution in [2.24, 2.45) is 5.92 Å². The number of hydrogen-bond acceptors (Lipinski definition) is 3. The molecular formula is C17H16O3. The van der Waals surface area contributed by atoms with Gasteiger partial charge in [0.25, 0.3) is 0 Å². The molecule has 1 aromatic heterocycles. The quantitative estimate of drug-likeness (QED) is 0.632. The second-order valence-electron chi connectivity index (χ2n) is 5.67. The van der Waals surface area contributed by atoms with E-state index in [-0.39, 0.29) is 17.8 Å². The molecule has 0 radical (unpaired) electrons. The van der Waals surface area contributed by atoms with Gasteiger partial charge in [0.05, 0.1) is 12.2 Å². The molecule has 3 nitrogen and oxygen atoms in total. The topological polar surface area (TPSA) is 39.4 Å². The van der Waals surface area contributed by atoms with E-state index in [1.54, 1.807) is 6.26 Å². The van der Waals surface area contributed by atoms with Crippen LogP contribution in [0.3, 0.4) is 0 Å². The van der Waals surface area contributed by atoms with Crippen LogP contribution < -0.4 is 4.74 Å². The first-order chi connectivity index (χ1) is 9.81. The van der Waals surface area contributed by atoms with Crippen LogP contribution in [-0.2, 0) is 17.6 Å². The first-order valence-electron chi connectivity index (χ1n) is 7.18. The van der Waals surface area contributed by atoms with Crippen LogP contribution in [0.15, 0.2) is 41.0 Å². The first kappa shape index (κ1) is 11.8. The number of carbonyl (C=O) groups is 1. The Morgan fingerprint density at radius 2 is 2.10 bits per heavy atom. The third kappa shape index (κ3) is 2.03. The molecule has 0 bridgehead atoms. The highest BCUT2D eigenvalue weighted by atomic mass is 16.5. The molecule has 3 heteroatoms. The Hall–Kier alpha value is -2.03. The van der Waals surface area contributed by atoms with E-state index in [4.69, 9.17) is 9.15 Å². The molecule has 2 atom stereocenters. The Morgan fingerprint density at radius 3 is 2.95 bits per heavy atom. The van der Waals surface area contributed by atoms with Crippen molar-refractivity contribution in [1.82, 2.24) is 0 Å². The number of fused-ring (bicyclic) bond motifs is 1. The molecule has 0 unspecified atom stereocenters. The Labute approximate surface area is 117 Å². The van der Waals surface area contributed by atoms with Crippen LogP contribution in [0.1, 0.15) is 35.6 Å². The van der Waals surface area contributed by atoms with Crippen molar-refractivity contribution in [2.45, 2.75) is 31.6 Å². The average Bonchev–Trinajstić information content (AvgIpc) is 2.89. The number of aryl methyl sites for hydroxylation is 2. The van der Waals surface area contributed by atoms with E-state index in [2.05, 4.69) is 6.07 Å². The van der Waals surface area contributed by atoms with Gasteiger partial charge >= 0.3 is 5.97 Å². The van der Waals surface area contributed by atoms with Crippen molar-refractivity contribution in [3.8, 4) is 5.75 Å². The van der Waals surface area contributed by atoms with Gasteiger partial charge in [-0.25, -0.2) is 0 Å². The highest BCUT2D eigenvalue weighted by Crippen LogP contribution is 2.48. The number of ether oxygens (including phenoxy) is 1. The lowest BCUT2D eigenvalue weighted by Crippen LogP contribution is -2.11. The minimum atomic E-state index is -0.135. The Kier molecular flexibility index (Phi) is 2.66. The van der Waals surface area contributed by atoms with Crippen LogP contribution >= 0.6 is 0 Å². The minimum absolute atomic E-state index is 0.0468. The average molecular weight is 268 g/mol. The maximum absolute atomic E-state index is 12.1. The van der Waals surface area contributed by atoms with Crippen molar-refractivity contribution in [2.75, 3.05) is 0 Å². The van der Waals surface area contributed by atoms with Crippen LogP contribution in [0, 0.1) is 5.92 Å². The zero-order valence-corrected chi connectivity index (χ0v) is 11.2. The fourth-order valence-corrected chi connectivity index (χ4v) is 3.08. The van der Waals surface area contributed by atoms with Crippen LogP contribution in [0.25, 0.3) is 0 Å². The Bertz CT molecular complexity index is 642. The van der Waals surface area contributed by atoms with Gasteiger partial charge < -0.3 is 9.15 Å². The molecule has 2 aliphatic carbocycles. The van der Waals surface area contributed by atoms with E-state index in [1.807, 2.05) is 24.3 Å². The lowest BCUT2D eigenvalue weighted by Gasteiger charge is -2.06. The molecule has 0 saturated heterocycles. The molecule has 1 saturated carbocycles. The molecule has 1 fully saturated rings. The summed E-state index contributed by atoms with van der Waals surface area (Å²) in [6.07, 6.45) is 5.93. The van der Waals surface area contributed by atoms with E-state index < -0.39 is 0 Å². The lowest BCUT2D eigenvalue weighted by molar-refractivity contribution is -0.136. The van der Waals surface area contributed by atoms with Crippen LogP contribution in [0.4, 0.5) is 0 Å². The normalized spacial score (nSPS) is 23.4. The number of benzene rings is 1. The van der Waals surface area contributed by atoms with Crippen molar-refractivity contribution < 1.29 is 13.9 Å². The van der Waals surface area contributed by atoms with Gasteiger partial charge in [-0.1, -0.05) is 6.07 Å². The molecule has 2 aromatic rings.